The molecule has 26 heavy (non-hydrogen) atoms. The molecule has 6 heteroatoms. The number of aliphatic hydroxyl groups excluding tert-OH is 1. The Labute approximate surface area is 159 Å². The molecule has 2 heterocycles. The van der Waals surface area contributed by atoms with Crippen LogP contribution in [0.4, 0.5) is 0 Å². The summed E-state index contributed by atoms with van der Waals surface area (Å²) in [7, 11) is 0. The summed E-state index contributed by atoms with van der Waals surface area (Å²) in [6.45, 7) is 7.33. The Balaban J connectivity index is 1.48. The van der Waals surface area contributed by atoms with Crippen molar-refractivity contribution < 1.29 is 14.6 Å². The molecule has 0 unspecified atom stereocenters. The number of benzene rings is 1. The number of para-hydroxylation sites is 1. The molecular weight excluding hydrogens is 348 g/mol. The molecule has 2 aromatic rings. The molecular formula is C20H28N2O3S. The molecule has 0 bridgehead atoms. The lowest BCUT2D eigenvalue weighted by molar-refractivity contribution is 0.0257. The number of rotatable bonds is 10. The van der Waals surface area contributed by atoms with Crippen molar-refractivity contribution >= 4 is 11.3 Å². The zero-order valence-electron chi connectivity index (χ0n) is 15.1. The molecule has 1 atom stereocenters. The third-order valence-electron chi connectivity index (χ3n) is 4.45. The molecule has 1 fully saturated rings. The maximum absolute atomic E-state index is 10.4. The number of ether oxygens (including phenoxy) is 2. The van der Waals surface area contributed by atoms with Crippen molar-refractivity contribution in [2.24, 2.45) is 0 Å². The van der Waals surface area contributed by atoms with Crippen molar-refractivity contribution in [1.29, 1.82) is 0 Å². The number of morpholine rings is 1. The fraction of sp³-hybridized carbons (Fsp3) is 0.500. The molecule has 1 N–H and O–H groups in total. The van der Waals surface area contributed by atoms with Crippen molar-refractivity contribution in [3.63, 3.8) is 0 Å². The van der Waals surface area contributed by atoms with Gasteiger partial charge in [0.1, 0.15) is 18.5 Å². The van der Waals surface area contributed by atoms with Gasteiger partial charge in [-0.1, -0.05) is 24.3 Å². The standard InChI is InChI=1S/C20H28N2O3S/c23-18(17-25-19-5-2-1-3-6-19)15-22(16-20-7-4-14-26-20)9-8-21-10-12-24-13-11-21/h1-7,14,18,23H,8-13,15-17H2/t18-/m1/s1. The van der Waals surface area contributed by atoms with Gasteiger partial charge in [0, 0.05) is 44.1 Å². The largest absolute Gasteiger partial charge is 0.491 e. The Bertz CT molecular complexity index is 603. The fourth-order valence-electron chi connectivity index (χ4n) is 3.03. The molecule has 0 radical (unpaired) electrons. The monoisotopic (exact) mass is 376 g/mol. The van der Waals surface area contributed by atoms with E-state index >= 15 is 0 Å². The Morgan fingerprint density at radius 3 is 2.69 bits per heavy atom. The van der Waals surface area contributed by atoms with Crippen molar-refractivity contribution in [2.45, 2.75) is 12.6 Å². The first-order chi connectivity index (χ1) is 12.8. The second-order valence-electron chi connectivity index (χ2n) is 6.55. The van der Waals surface area contributed by atoms with E-state index in [-0.39, 0.29) is 0 Å². The highest BCUT2D eigenvalue weighted by Crippen LogP contribution is 2.13. The summed E-state index contributed by atoms with van der Waals surface area (Å²) in [6.07, 6.45) is -0.514. The summed E-state index contributed by atoms with van der Waals surface area (Å²) in [4.78, 5) is 6.07. The normalized spacial score (nSPS) is 16.7. The van der Waals surface area contributed by atoms with Crippen LogP contribution in [0, 0.1) is 0 Å². The van der Waals surface area contributed by atoms with Crippen LogP contribution in [0.5, 0.6) is 5.75 Å². The Hall–Kier alpha value is -1.44. The number of aliphatic hydroxyl groups is 1. The SMILES string of the molecule is O[C@@H](COc1ccccc1)CN(CCN1CCOCC1)Cc1cccs1. The third kappa shape index (κ3) is 6.70. The minimum atomic E-state index is -0.514. The van der Waals surface area contributed by atoms with Crippen molar-refractivity contribution in [2.75, 3.05) is 52.5 Å². The number of hydrogen-bond donors (Lipinski definition) is 1. The lowest BCUT2D eigenvalue weighted by Crippen LogP contribution is -2.43. The van der Waals surface area contributed by atoms with Crippen molar-refractivity contribution in [1.82, 2.24) is 9.80 Å². The van der Waals surface area contributed by atoms with Crippen LogP contribution in [-0.2, 0) is 11.3 Å². The van der Waals surface area contributed by atoms with Gasteiger partial charge in [-0.25, -0.2) is 0 Å². The fourth-order valence-corrected chi connectivity index (χ4v) is 3.77. The highest BCUT2D eigenvalue weighted by Gasteiger charge is 2.16. The van der Waals surface area contributed by atoms with Gasteiger partial charge in [0.05, 0.1) is 13.2 Å². The highest BCUT2D eigenvalue weighted by molar-refractivity contribution is 7.09. The predicted octanol–water partition coefficient (Wildman–Crippen LogP) is 2.32. The summed E-state index contributed by atoms with van der Waals surface area (Å²) in [6, 6.07) is 13.9. The van der Waals surface area contributed by atoms with Gasteiger partial charge >= 0.3 is 0 Å². The first-order valence-corrected chi connectivity index (χ1v) is 10.1. The van der Waals surface area contributed by atoms with E-state index in [1.807, 2.05) is 30.3 Å². The van der Waals surface area contributed by atoms with E-state index in [4.69, 9.17) is 9.47 Å². The summed E-state index contributed by atoms with van der Waals surface area (Å²) in [5.41, 5.74) is 0. The van der Waals surface area contributed by atoms with E-state index in [2.05, 4.69) is 27.3 Å². The van der Waals surface area contributed by atoms with Gasteiger partial charge in [0.15, 0.2) is 0 Å². The number of hydrogen-bond acceptors (Lipinski definition) is 6. The Kier molecular flexibility index (Phi) is 7.91. The van der Waals surface area contributed by atoms with Gasteiger partial charge in [-0.3, -0.25) is 9.80 Å². The van der Waals surface area contributed by atoms with Gasteiger partial charge in [-0.2, -0.15) is 0 Å². The van der Waals surface area contributed by atoms with Gasteiger partial charge in [0.25, 0.3) is 0 Å². The van der Waals surface area contributed by atoms with Gasteiger partial charge in [-0.15, -0.1) is 11.3 Å². The molecule has 3 rings (SSSR count). The smallest absolute Gasteiger partial charge is 0.119 e. The predicted molar refractivity (Wildman–Crippen MR) is 105 cm³/mol. The van der Waals surface area contributed by atoms with E-state index in [9.17, 15) is 5.11 Å². The molecule has 0 aliphatic carbocycles. The van der Waals surface area contributed by atoms with E-state index in [0.717, 1.165) is 51.7 Å². The zero-order valence-corrected chi connectivity index (χ0v) is 15.9. The van der Waals surface area contributed by atoms with Crippen LogP contribution in [-0.4, -0.2) is 73.6 Å². The second kappa shape index (κ2) is 10.6. The van der Waals surface area contributed by atoms with E-state index in [0.29, 0.717) is 13.2 Å². The molecule has 0 spiro atoms. The summed E-state index contributed by atoms with van der Waals surface area (Å²) in [5, 5.41) is 12.6. The maximum atomic E-state index is 10.4. The molecule has 142 valence electrons. The van der Waals surface area contributed by atoms with Gasteiger partial charge < -0.3 is 14.6 Å². The third-order valence-corrected chi connectivity index (χ3v) is 5.31. The summed E-state index contributed by atoms with van der Waals surface area (Å²) >= 11 is 1.76. The molecule has 5 nitrogen and oxygen atoms in total. The molecule has 1 aliphatic rings. The summed E-state index contributed by atoms with van der Waals surface area (Å²) in [5.74, 6) is 0.796. The minimum absolute atomic E-state index is 0.308. The van der Waals surface area contributed by atoms with Crippen LogP contribution in [0.3, 0.4) is 0 Å². The van der Waals surface area contributed by atoms with Crippen molar-refractivity contribution in [3.05, 3.63) is 52.7 Å². The molecule has 1 aliphatic heterocycles. The minimum Gasteiger partial charge on any atom is -0.491 e. The van der Waals surface area contributed by atoms with Gasteiger partial charge in [-0.05, 0) is 23.6 Å². The van der Waals surface area contributed by atoms with Crippen LogP contribution in [0.1, 0.15) is 4.88 Å². The van der Waals surface area contributed by atoms with E-state index < -0.39 is 6.10 Å². The average Bonchev–Trinajstić information content (AvgIpc) is 3.19. The molecule has 1 aromatic heterocycles. The van der Waals surface area contributed by atoms with Crippen LogP contribution in [0.15, 0.2) is 47.8 Å². The highest BCUT2D eigenvalue weighted by atomic mass is 32.1. The van der Waals surface area contributed by atoms with E-state index in [1.165, 1.54) is 4.88 Å². The Morgan fingerprint density at radius 2 is 1.96 bits per heavy atom. The van der Waals surface area contributed by atoms with Gasteiger partial charge in [0.2, 0.25) is 0 Å². The quantitative estimate of drug-likeness (QED) is 0.690. The lowest BCUT2D eigenvalue weighted by Gasteiger charge is -2.30. The van der Waals surface area contributed by atoms with Crippen LogP contribution < -0.4 is 4.74 Å². The van der Waals surface area contributed by atoms with Crippen LogP contribution in [0.2, 0.25) is 0 Å². The first-order valence-electron chi connectivity index (χ1n) is 9.20. The molecule has 0 amide bonds. The molecule has 1 saturated heterocycles. The number of nitrogens with zero attached hydrogens (tertiary/aromatic N) is 2. The topological polar surface area (TPSA) is 45.2 Å². The second-order valence-corrected chi connectivity index (χ2v) is 7.58. The summed E-state index contributed by atoms with van der Waals surface area (Å²) < 4.78 is 11.1. The van der Waals surface area contributed by atoms with Crippen molar-refractivity contribution in [3.8, 4) is 5.75 Å². The Morgan fingerprint density at radius 1 is 1.15 bits per heavy atom. The average molecular weight is 377 g/mol. The van der Waals surface area contributed by atoms with E-state index in [1.54, 1.807) is 11.3 Å². The molecule has 0 saturated carbocycles. The van der Waals surface area contributed by atoms with Crippen LogP contribution in [0.25, 0.3) is 0 Å². The maximum Gasteiger partial charge on any atom is 0.119 e. The lowest BCUT2D eigenvalue weighted by atomic mass is 10.3. The van der Waals surface area contributed by atoms with Crippen LogP contribution >= 0.6 is 11.3 Å². The first kappa shape index (κ1) is 19.3. The number of thiophene rings is 1. The zero-order chi connectivity index (χ0) is 18.0. The molecule has 1 aromatic carbocycles.